The van der Waals surface area contributed by atoms with Crippen molar-refractivity contribution in [2.45, 2.75) is 38.3 Å². The number of benzene rings is 1. The summed E-state index contributed by atoms with van der Waals surface area (Å²) in [5, 5.41) is 3.36. The van der Waals surface area contributed by atoms with Crippen LogP contribution in [0.25, 0.3) is 0 Å². The van der Waals surface area contributed by atoms with Crippen molar-refractivity contribution < 1.29 is 8.42 Å². The highest BCUT2D eigenvalue weighted by Gasteiger charge is 2.26. The molecular weight excluding hydrogens is 272 g/mol. The van der Waals surface area contributed by atoms with Gasteiger partial charge in [0.2, 0.25) is 10.0 Å². The third-order valence-electron chi connectivity index (χ3n) is 4.08. The summed E-state index contributed by atoms with van der Waals surface area (Å²) in [5.74, 6) is 0.259. The minimum atomic E-state index is -3.11. The molecule has 0 saturated heterocycles. The molecule has 5 heteroatoms. The minimum absolute atomic E-state index is 0.259. The molecule has 1 aliphatic carbocycles. The number of hydrogen-bond donors (Lipinski definition) is 1. The van der Waals surface area contributed by atoms with E-state index in [1.807, 2.05) is 18.2 Å². The van der Waals surface area contributed by atoms with Crippen LogP contribution >= 0.6 is 0 Å². The monoisotopic (exact) mass is 294 g/mol. The Balaban J connectivity index is 1.55. The normalized spacial score (nSPS) is 19.8. The van der Waals surface area contributed by atoms with Crippen LogP contribution in [0.15, 0.2) is 24.3 Å². The quantitative estimate of drug-likeness (QED) is 0.809. The summed E-state index contributed by atoms with van der Waals surface area (Å²) in [7, 11) is -3.11. The molecule has 0 unspecified atom stereocenters. The van der Waals surface area contributed by atoms with Crippen LogP contribution in [0.4, 0.5) is 0 Å². The van der Waals surface area contributed by atoms with Gasteiger partial charge < -0.3 is 5.32 Å². The van der Waals surface area contributed by atoms with Crippen LogP contribution in [0.2, 0.25) is 0 Å². The lowest BCUT2D eigenvalue weighted by atomic mass is 10.0. The van der Waals surface area contributed by atoms with Crippen molar-refractivity contribution in [1.29, 1.82) is 0 Å². The zero-order valence-electron chi connectivity index (χ0n) is 11.7. The van der Waals surface area contributed by atoms with Crippen molar-refractivity contribution in [3.63, 3.8) is 0 Å². The second-order valence-corrected chi connectivity index (χ2v) is 7.84. The topological polar surface area (TPSA) is 49.4 Å². The van der Waals surface area contributed by atoms with Crippen molar-refractivity contribution in [2.24, 2.45) is 0 Å². The van der Waals surface area contributed by atoms with Gasteiger partial charge in [0.1, 0.15) is 0 Å². The molecule has 3 rings (SSSR count). The first-order valence-electron chi connectivity index (χ1n) is 7.43. The summed E-state index contributed by atoms with van der Waals surface area (Å²) >= 11 is 0. The maximum Gasteiger partial charge on any atom is 0.214 e. The van der Waals surface area contributed by atoms with Gasteiger partial charge >= 0.3 is 0 Å². The average molecular weight is 294 g/mol. The van der Waals surface area contributed by atoms with Crippen LogP contribution in [-0.2, 0) is 23.0 Å². The lowest BCUT2D eigenvalue weighted by molar-refractivity contribution is 0.390. The van der Waals surface area contributed by atoms with E-state index in [1.165, 1.54) is 18.4 Å². The molecule has 0 spiro atoms. The molecule has 1 aliphatic heterocycles. The first-order valence-corrected chi connectivity index (χ1v) is 9.04. The molecule has 0 bridgehead atoms. The van der Waals surface area contributed by atoms with Crippen molar-refractivity contribution in [3.05, 3.63) is 35.4 Å². The fourth-order valence-electron chi connectivity index (χ4n) is 2.68. The van der Waals surface area contributed by atoms with E-state index in [0.717, 1.165) is 18.5 Å². The van der Waals surface area contributed by atoms with Gasteiger partial charge in [0, 0.05) is 19.1 Å². The molecule has 4 nitrogen and oxygen atoms in total. The molecule has 1 heterocycles. The summed E-state index contributed by atoms with van der Waals surface area (Å²) in [5.41, 5.74) is 2.44. The number of sulfonamides is 1. The number of nitrogens with one attached hydrogen (secondary N) is 1. The molecule has 110 valence electrons. The number of rotatable bonds is 6. The zero-order chi connectivity index (χ0) is 14.0. The average Bonchev–Trinajstić information content (AvgIpc) is 3.27. The SMILES string of the molecule is O=S(=O)(CCCNC1CC1)N1CCc2ccccc2C1. The highest BCUT2D eigenvalue weighted by molar-refractivity contribution is 7.89. The number of fused-ring (bicyclic) bond motifs is 1. The Morgan fingerprint density at radius 1 is 1.20 bits per heavy atom. The lowest BCUT2D eigenvalue weighted by Crippen LogP contribution is -2.38. The van der Waals surface area contributed by atoms with E-state index >= 15 is 0 Å². The molecule has 2 aliphatic rings. The summed E-state index contributed by atoms with van der Waals surface area (Å²) in [6.45, 7) is 1.97. The Morgan fingerprint density at radius 2 is 1.95 bits per heavy atom. The van der Waals surface area contributed by atoms with E-state index in [9.17, 15) is 8.42 Å². The standard InChI is InChI=1S/C15H22N2O2S/c18-20(19,11-3-9-16-15-6-7-15)17-10-8-13-4-1-2-5-14(13)12-17/h1-2,4-5,15-16H,3,6-12H2. The maximum atomic E-state index is 12.4. The maximum absolute atomic E-state index is 12.4. The Labute approximate surface area is 121 Å². The van der Waals surface area contributed by atoms with Crippen molar-refractivity contribution in [3.8, 4) is 0 Å². The summed E-state index contributed by atoms with van der Waals surface area (Å²) in [6, 6.07) is 8.78. The van der Waals surface area contributed by atoms with Gasteiger partial charge in [-0.05, 0) is 43.4 Å². The third-order valence-corrected chi connectivity index (χ3v) is 5.98. The number of nitrogens with zero attached hydrogens (tertiary/aromatic N) is 1. The highest BCUT2D eigenvalue weighted by atomic mass is 32.2. The van der Waals surface area contributed by atoms with Gasteiger partial charge in [-0.3, -0.25) is 0 Å². The van der Waals surface area contributed by atoms with Gasteiger partial charge in [0.05, 0.1) is 5.75 Å². The van der Waals surface area contributed by atoms with Crippen molar-refractivity contribution in [1.82, 2.24) is 9.62 Å². The Hall–Kier alpha value is -0.910. The Kier molecular flexibility index (Phi) is 4.10. The first-order chi connectivity index (χ1) is 9.65. The molecule has 1 aromatic carbocycles. The molecule has 1 N–H and O–H groups in total. The minimum Gasteiger partial charge on any atom is -0.314 e. The second kappa shape index (κ2) is 5.84. The van der Waals surface area contributed by atoms with E-state index in [-0.39, 0.29) is 5.75 Å². The van der Waals surface area contributed by atoms with Crippen molar-refractivity contribution in [2.75, 3.05) is 18.8 Å². The van der Waals surface area contributed by atoms with Crippen LogP contribution < -0.4 is 5.32 Å². The molecule has 1 saturated carbocycles. The van der Waals surface area contributed by atoms with E-state index in [1.54, 1.807) is 4.31 Å². The zero-order valence-corrected chi connectivity index (χ0v) is 12.5. The Bertz CT molecular complexity index is 567. The van der Waals surface area contributed by atoms with Crippen LogP contribution in [-0.4, -0.2) is 37.6 Å². The molecule has 1 aromatic rings. The summed E-state index contributed by atoms with van der Waals surface area (Å²) in [4.78, 5) is 0. The molecule has 0 amide bonds. The van der Waals surface area contributed by atoms with Crippen molar-refractivity contribution >= 4 is 10.0 Å². The predicted molar refractivity (Wildman–Crippen MR) is 80.0 cm³/mol. The Morgan fingerprint density at radius 3 is 2.70 bits per heavy atom. The largest absolute Gasteiger partial charge is 0.314 e. The molecule has 0 aromatic heterocycles. The summed E-state index contributed by atoms with van der Waals surface area (Å²) in [6.07, 6.45) is 4.03. The second-order valence-electron chi connectivity index (χ2n) is 5.75. The molecule has 0 radical (unpaired) electrons. The van der Waals surface area contributed by atoms with Gasteiger partial charge in [-0.2, -0.15) is 4.31 Å². The fraction of sp³-hybridized carbons (Fsp3) is 0.600. The van der Waals surface area contributed by atoms with Gasteiger partial charge in [0.15, 0.2) is 0 Å². The molecule has 0 atom stereocenters. The van der Waals surface area contributed by atoms with E-state index in [2.05, 4.69) is 11.4 Å². The van der Waals surface area contributed by atoms with E-state index in [0.29, 0.717) is 25.6 Å². The first kappa shape index (κ1) is 14.0. The highest BCUT2D eigenvalue weighted by Crippen LogP contribution is 2.21. The molecule has 20 heavy (non-hydrogen) atoms. The van der Waals surface area contributed by atoms with Crippen LogP contribution in [0.1, 0.15) is 30.4 Å². The van der Waals surface area contributed by atoms with Gasteiger partial charge in [-0.1, -0.05) is 24.3 Å². The molecule has 1 fully saturated rings. The summed E-state index contributed by atoms with van der Waals surface area (Å²) < 4.78 is 26.4. The lowest BCUT2D eigenvalue weighted by Gasteiger charge is -2.28. The number of hydrogen-bond acceptors (Lipinski definition) is 3. The predicted octanol–water partition coefficient (Wildman–Crippen LogP) is 1.52. The van der Waals surface area contributed by atoms with E-state index < -0.39 is 10.0 Å². The fourth-order valence-corrected chi connectivity index (χ4v) is 4.16. The van der Waals surface area contributed by atoms with Crippen LogP contribution in [0.5, 0.6) is 0 Å². The van der Waals surface area contributed by atoms with Crippen LogP contribution in [0, 0.1) is 0 Å². The van der Waals surface area contributed by atoms with Gasteiger partial charge in [-0.25, -0.2) is 8.42 Å². The smallest absolute Gasteiger partial charge is 0.214 e. The molecular formula is C15H22N2O2S. The third kappa shape index (κ3) is 3.40. The van der Waals surface area contributed by atoms with Gasteiger partial charge in [-0.15, -0.1) is 0 Å². The van der Waals surface area contributed by atoms with Gasteiger partial charge in [0.25, 0.3) is 0 Å². The van der Waals surface area contributed by atoms with E-state index in [4.69, 9.17) is 0 Å². The van der Waals surface area contributed by atoms with Crippen LogP contribution in [0.3, 0.4) is 0 Å².